The molecule has 2 rings (SSSR count). The zero-order valence-electron chi connectivity index (χ0n) is 9.77. The molecule has 20 heavy (non-hydrogen) atoms. The Labute approximate surface area is 134 Å². The largest absolute Gasteiger partial charge is 0.398 e. The van der Waals surface area contributed by atoms with Crippen molar-refractivity contribution in [1.29, 1.82) is 0 Å². The number of nitrogens with one attached hydrogen (secondary N) is 1. The summed E-state index contributed by atoms with van der Waals surface area (Å²) in [5.74, 6) is 0. The number of pyridine rings is 1. The Balaban J connectivity index is 2.43. The van der Waals surface area contributed by atoms with Gasteiger partial charge in [-0.3, -0.25) is 4.72 Å². The lowest BCUT2D eigenvalue weighted by Crippen LogP contribution is -2.15. The van der Waals surface area contributed by atoms with Gasteiger partial charge in [-0.25, -0.2) is 13.4 Å². The third-order valence-corrected chi connectivity index (χ3v) is 5.37. The Morgan fingerprint density at radius 2 is 2.00 bits per heavy atom. The number of hydrogen-bond acceptors (Lipinski definition) is 4. The van der Waals surface area contributed by atoms with Gasteiger partial charge in [0, 0.05) is 0 Å². The van der Waals surface area contributed by atoms with E-state index >= 15 is 0 Å². The van der Waals surface area contributed by atoms with Crippen molar-refractivity contribution in [2.75, 3.05) is 10.5 Å². The van der Waals surface area contributed by atoms with E-state index in [-0.39, 0.29) is 26.4 Å². The molecule has 0 saturated carbocycles. The average molecular weight is 397 g/mol. The molecule has 2 aromatic rings. The normalized spacial score (nSPS) is 11.3. The maximum atomic E-state index is 12.3. The number of nitrogens with two attached hydrogens (primary N) is 1. The second kappa shape index (κ2) is 5.77. The van der Waals surface area contributed by atoms with Crippen LogP contribution in [0.4, 0.5) is 11.4 Å². The van der Waals surface area contributed by atoms with E-state index in [1.165, 1.54) is 24.4 Å². The number of nitrogens with zero attached hydrogens (tertiary/aromatic N) is 1. The number of sulfonamides is 1. The Morgan fingerprint density at radius 3 is 2.60 bits per heavy atom. The van der Waals surface area contributed by atoms with E-state index in [9.17, 15) is 8.42 Å². The third-order valence-electron chi connectivity index (χ3n) is 2.31. The summed E-state index contributed by atoms with van der Waals surface area (Å²) >= 11 is 14.8. The molecule has 0 unspecified atom stereocenters. The van der Waals surface area contributed by atoms with Gasteiger partial charge in [-0.05, 0) is 34.1 Å². The van der Waals surface area contributed by atoms with Crippen LogP contribution in [0.25, 0.3) is 0 Å². The molecule has 5 nitrogen and oxygen atoms in total. The van der Waals surface area contributed by atoms with Gasteiger partial charge in [-0.1, -0.05) is 29.3 Å². The van der Waals surface area contributed by atoms with Gasteiger partial charge >= 0.3 is 0 Å². The summed E-state index contributed by atoms with van der Waals surface area (Å²) in [7, 11) is -3.92. The molecule has 9 heteroatoms. The summed E-state index contributed by atoms with van der Waals surface area (Å²) in [4.78, 5) is 3.66. The van der Waals surface area contributed by atoms with Crippen molar-refractivity contribution in [2.24, 2.45) is 0 Å². The monoisotopic (exact) mass is 395 g/mol. The third kappa shape index (κ3) is 3.17. The van der Waals surface area contributed by atoms with E-state index < -0.39 is 10.0 Å². The second-order valence-corrected chi connectivity index (χ2v) is 7.00. The molecule has 0 amide bonds. The fourth-order valence-corrected chi connectivity index (χ4v) is 3.66. The highest BCUT2D eigenvalue weighted by atomic mass is 79.9. The van der Waals surface area contributed by atoms with Gasteiger partial charge in [0.05, 0.1) is 27.1 Å². The molecule has 106 valence electrons. The number of nitrogen functional groups attached to an aromatic ring is 1. The fourth-order valence-electron chi connectivity index (χ4n) is 1.49. The van der Waals surface area contributed by atoms with Gasteiger partial charge in [-0.15, -0.1) is 0 Å². The first kappa shape index (κ1) is 15.4. The van der Waals surface area contributed by atoms with E-state index in [0.29, 0.717) is 4.47 Å². The van der Waals surface area contributed by atoms with Crippen molar-refractivity contribution in [2.45, 2.75) is 4.90 Å². The van der Waals surface area contributed by atoms with Gasteiger partial charge in [-0.2, -0.15) is 0 Å². The van der Waals surface area contributed by atoms with Crippen LogP contribution in [-0.2, 0) is 10.0 Å². The molecule has 0 fully saturated rings. The summed E-state index contributed by atoms with van der Waals surface area (Å²) < 4.78 is 27.4. The Kier molecular flexibility index (Phi) is 4.43. The van der Waals surface area contributed by atoms with Crippen molar-refractivity contribution < 1.29 is 8.42 Å². The van der Waals surface area contributed by atoms with Crippen LogP contribution in [0, 0.1) is 0 Å². The average Bonchev–Trinajstić information content (AvgIpc) is 2.33. The minimum absolute atomic E-state index is 0.0403. The SMILES string of the molecule is Nc1cccc(Cl)c1S(=O)(=O)Nc1cnc(Cl)c(Br)c1. The van der Waals surface area contributed by atoms with Crippen molar-refractivity contribution >= 4 is 60.5 Å². The van der Waals surface area contributed by atoms with Gasteiger partial charge in [0.1, 0.15) is 10.0 Å². The Bertz CT molecular complexity index is 748. The Hall–Kier alpha value is -1.02. The number of benzene rings is 1. The molecule has 0 spiro atoms. The number of hydrogen-bond donors (Lipinski definition) is 2. The molecule has 1 heterocycles. The van der Waals surface area contributed by atoms with E-state index in [2.05, 4.69) is 25.6 Å². The van der Waals surface area contributed by atoms with Crippen molar-refractivity contribution in [3.05, 3.63) is 45.1 Å². The molecular weight excluding hydrogens is 389 g/mol. The smallest absolute Gasteiger partial charge is 0.265 e. The molecule has 1 aromatic heterocycles. The minimum Gasteiger partial charge on any atom is -0.398 e. The van der Waals surface area contributed by atoms with Crippen LogP contribution < -0.4 is 10.5 Å². The van der Waals surface area contributed by atoms with Crippen LogP contribution >= 0.6 is 39.1 Å². The molecule has 0 aliphatic rings. The van der Waals surface area contributed by atoms with E-state index in [1.807, 2.05) is 0 Å². The number of aromatic nitrogens is 1. The maximum Gasteiger partial charge on any atom is 0.265 e. The fraction of sp³-hybridized carbons (Fsp3) is 0. The second-order valence-electron chi connectivity index (χ2n) is 3.76. The number of rotatable bonds is 3. The Morgan fingerprint density at radius 1 is 1.30 bits per heavy atom. The molecule has 3 N–H and O–H groups in total. The minimum atomic E-state index is -3.92. The van der Waals surface area contributed by atoms with Crippen LogP contribution in [0.2, 0.25) is 10.2 Å². The van der Waals surface area contributed by atoms with E-state index in [4.69, 9.17) is 28.9 Å². The van der Waals surface area contributed by atoms with Crippen molar-refractivity contribution in [1.82, 2.24) is 4.98 Å². The predicted octanol–water partition coefficient (Wildman–Crippen LogP) is 3.53. The summed E-state index contributed by atoms with van der Waals surface area (Å²) in [6, 6.07) is 5.95. The van der Waals surface area contributed by atoms with Crippen LogP contribution in [0.1, 0.15) is 0 Å². The standard InChI is InChI=1S/C11H8BrCl2N3O2S/c12-7-4-6(5-16-11(7)14)17-20(18,19)10-8(13)2-1-3-9(10)15/h1-5,17H,15H2. The van der Waals surface area contributed by atoms with E-state index in [1.54, 1.807) is 6.07 Å². The highest BCUT2D eigenvalue weighted by Gasteiger charge is 2.21. The first-order chi connectivity index (χ1) is 9.31. The van der Waals surface area contributed by atoms with Gasteiger partial charge in [0.25, 0.3) is 10.0 Å². The first-order valence-electron chi connectivity index (χ1n) is 5.19. The lowest BCUT2D eigenvalue weighted by Gasteiger charge is -2.11. The summed E-state index contributed by atoms with van der Waals surface area (Å²) in [5.41, 5.74) is 5.96. The van der Waals surface area contributed by atoms with Crippen molar-refractivity contribution in [3.8, 4) is 0 Å². The zero-order chi connectivity index (χ0) is 14.9. The maximum absolute atomic E-state index is 12.3. The molecule has 0 aliphatic heterocycles. The van der Waals surface area contributed by atoms with E-state index in [0.717, 1.165) is 0 Å². The lowest BCUT2D eigenvalue weighted by atomic mass is 10.3. The summed E-state index contributed by atoms with van der Waals surface area (Å²) in [5, 5.41) is 0.267. The summed E-state index contributed by atoms with van der Waals surface area (Å²) in [6.07, 6.45) is 1.29. The first-order valence-corrected chi connectivity index (χ1v) is 8.22. The van der Waals surface area contributed by atoms with Gasteiger partial charge < -0.3 is 5.73 Å². The summed E-state index contributed by atoms with van der Waals surface area (Å²) in [6.45, 7) is 0. The molecule has 0 radical (unpaired) electrons. The quantitative estimate of drug-likeness (QED) is 0.613. The highest BCUT2D eigenvalue weighted by molar-refractivity contribution is 9.10. The number of halogens is 3. The topological polar surface area (TPSA) is 85.1 Å². The van der Waals surface area contributed by atoms with Crippen LogP contribution in [0.5, 0.6) is 0 Å². The molecule has 0 bridgehead atoms. The van der Waals surface area contributed by atoms with Crippen LogP contribution in [0.3, 0.4) is 0 Å². The van der Waals surface area contributed by atoms with Crippen molar-refractivity contribution in [3.63, 3.8) is 0 Å². The highest BCUT2D eigenvalue weighted by Crippen LogP contribution is 2.30. The predicted molar refractivity (Wildman–Crippen MR) is 83.6 cm³/mol. The molecular formula is C11H8BrCl2N3O2S. The van der Waals surface area contributed by atoms with Gasteiger partial charge in [0.2, 0.25) is 0 Å². The number of anilines is 2. The molecule has 1 aromatic carbocycles. The zero-order valence-corrected chi connectivity index (χ0v) is 13.7. The van der Waals surface area contributed by atoms with Crippen LogP contribution in [-0.4, -0.2) is 13.4 Å². The molecule has 0 atom stereocenters. The lowest BCUT2D eigenvalue weighted by molar-refractivity contribution is 0.601. The van der Waals surface area contributed by atoms with Gasteiger partial charge in [0.15, 0.2) is 0 Å². The van der Waals surface area contributed by atoms with Crippen LogP contribution in [0.15, 0.2) is 39.8 Å². The molecule has 0 aliphatic carbocycles. The molecule has 0 saturated heterocycles.